The minimum absolute atomic E-state index is 0.978. The van der Waals surface area contributed by atoms with Crippen molar-refractivity contribution in [3.8, 4) is 5.75 Å². The Kier molecular flexibility index (Phi) is 6.34. The summed E-state index contributed by atoms with van der Waals surface area (Å²) in [6, 6.07) is 6.51. The molecule has 3 heteroatoms. The van der Waals surface area contributed by atoms with Crippen LogP contribution in [0.2, 0.25) is 0 Å². The molecular weight excluding hydrogens is 248 g/mol. The Balaban J connectivity index is 1.75. The van der Waals surface area contributed by atoms with E-state index in [-0.39, 0.29) is 0 Å². The first kappa shape index (κ1) is 15.3. The first-order valence-corrected chi connectivity index (χ1v) is 7.92. The van der Waals surface area contributed by atoms with E-state index in [1.54, 1.807) is 7.11 Å². The van der Waals surface area contributed by atoms with Gasteiger partial charge in [0.2, 0.25) is 0 Å². The van der Waals surface area contributed by atoms with Crippen LogP contribution in [0.5, 0.6) is 5.75 Å². The third-order valence-electron chi connectivity index (χ3n) is 4.17. The van der Waals surface area contributed by atoms with Gasteiger partial charge in [-0.25, -0.2) is 0 Å². The summed E-state index contributed by atoms with van der Waals surface area (Å²) in [5.74, 6) is 0.978. The lowest BCUT2D eigenvalue weighted by atomic mass is 9.99. The van der Waals surface area contributed by atoms with E-state index >= 15 is 0 Å². The van der Waals surface area contributed by atoms with Crippen LogP contribution in [0.1, 0.15) is 30.9 Å². The van der Waals surface area contributed by atoms with Crippen molar-refractivity contribution < 1.29 is 4.74 Å². The SMILES string of the molecule is CCc1cc(OC)ccc1CCCCN1CCNCC1. The number of aryl methyl sites for hydroxylation is 2. The monoisotopic (exact) mass is 276 g/mol. The van der Waals surface area contributed by atoms with Gasteiger partial charge in [-0.15, -0.1) is 0 Å². The molecule has 1 N–H and O–H groups in total. The van der Waals surface area contributed by atoms with Crippen LogP contribution in [0.4, 0.5) is 0 Å². The Hall–Kier alpha value is -1.06. The molecule has 1 aromatic carbocycles. The fourth-order valence-corrected chi connectivity index (χ4v) is 2.89. The van der Waals surface area contributed by atoms with E-state index < -0.39 is 0 Å². The van der Waals surface area contributed by atoms with Crippen molar-refractivity contribution >= 4 is 0 Å². The summed E-state index contributed by atoms with van der Waals surface area (Å²) in [4.78, 5) is 2.57. The van der Waals surface area contributed by atoms with E-state index in [1.807, 2.05) is 0 Å². The summed E-state index contributed by atoms with van der Waals surface area (Å²) in [5, 5.41) is 3.40. The molecule has 20 heavy (non-hydrogen) atoms. The number of piperazine rings is 1. The predicted molar refractivity (Wildman–Crippen MR) is 84.6 cm³/mol. The molecule has 1 aliphatic heterocycles. The van der Waals surface area contributed by atoms with E-state index in [0.717, 1.165) is 25.3 Å². The second-order valence-corrected chi connectivity index (χ2v) is 5.54. The molecule has 1 aliphatic rings. The van der Waals surface area contributed by atoms with Crippen LogP contribution in [0.3, 0.4) is 0 Å². The van der Waals surface area contributed by atoms with Crippen molar-refractivity contribution in [1.82, 2.24) is 10.2 Å². The third-order valence-corrected chi connectivity index (χ3v) is 4.17. The van der Waals surface area contributed by atoms with Crippen LogP contribution < -0.4 is 10.1 Å². The summed E-state index contributed by atoms with van der Waals surface area (Å²) < 4.78 is 5.30. The zero-order valence-electron chi connectivity index (χ0n) is 13.0. The number of unbranched alkanes of at least 4 members (excludes halogenated alkanes) is 1. The molecule has 1 fully saturated rings. The predicted octanol–water partition coefficient (Wildman–Crippen LogP) is 2.49. The molecule has 1 aromatic rings. The van der Waals surface area contributed by atoms with Gasteiger partial charge in [-0.3, -0.25) is 0 Å². The molecule has 0 amide bonds. The summed E-state index contributed by atoms with van der Waals surface area (Å²) in [6.07, 6.45) is 4.86. The molecule has 0 atom stereocenters. The average Bonchev–Trinajstić information content (AvgIpc) is 2.52. The van der Waals surface area contributed by atoms with E-state index in [1.165, 1.54) is 50.0 Å². The van der Waals surface area contributed by atoms with Crippen molar-refractivity contribution in [2.75, 3.05) is 39.8 Å². The summed E-state index contributed by atoms with van der Waals surface area (Å²) in [5.41, 5.74) is 2.93. The Bertz CT molecular complexity index is 400. The Morgan fingerprint density at radius 3 is 2.65 bits per heavy atom. The van der Waals surface area contributed by atoms with Crippen LogP contribution in [0.15, 0.2) is 18.2 Å². The van der Waals surface area contributed by atoms with Gasteiger partial charge in [0, 0.05) is 26.2 Å². The second kappa shape index (κ2) is 8.28. The van der Waals surface area contributed by atoms with Gasteiger partial charge in [0.1, 0.15) is 5.75 Å². The highest BCUT2D eigenvalue weighted by molar-refractivity contribution is 5.35. The molecule has 0 aliphatic carbocycles. The summed E-state index contributed by atoms with van der Waals surface area (Å²) in [7, 11) is 1.74. The fourth-order valence-electron chi connectivity index (χ4n) is 2.89. The molecule has 2 rings (SSSR count). The quantitative estimate of drug-likeness (QED) is 0.774. The molecule has 112 valence electrons. The fraction of sp³-hybridized carbons (Fsp3) is 0.647. The van der Waals surface area contributed by atoms with Crippen molar-refractivity contribution in [1.29, 1.82) is 0 Å². The highest BCUT2D eigenvalue weighted by Crippen LogP contribution is 2.20. The van der Waals surface area contributed by atoms with Crippen LogP contribution in [-0.2, 0) is 12.8 Å². The van der Waals surface area contributed by atoms with Crippen LogP contribution in [0, 0.1) is 0 Å². The van der Waals surface area contributed by atoms with E-state index in [4.69, 9.17) is 4.74 Å². The minimum atomic E-state index is 0.978. The van der Waals surface area contributed by atoms with Crippen LogP contribution >= 0.6 is 0 Å². The van der Waals surface area contributed by atoms with Crippen LogP contribution in [0.25, 0.3) is 0 Å². The summed E-state index contributed by atoms with van der Waals surface area (Å²) >= 11 is 0. The maximum atomic E-state index is 5.30. The van der Waals surface area contributed by atoms with Gasteiger partial charge in [0.25, 0.3) is 0 Å². The Morgan fingerprint density at radius 2 is 1.95 bits per heavy atom. The minimum Gasteiger partial charge on any atom is -0.497 e. The van der Waals surface area contributed by atoms with Crippen molar-refractivity contribution in [3.63, 3.8) is 0 Å². The lowest BCUT2D eigenvalue weighted by Crippen LogP contribution is -2.43. The maximum absolute atomic E-state index is 5.30. The largest absolute Gasteiger partial charge is 0.497 e. The molecule has 0 saturated carbocycles. The van der Waals surface area contributed by atoms with Gasteiger partial charge in [0.05, 0.1) is 7.11 Å². The lowest BCUT2D eigenvalue weighted by molar-refractivity contribution is 0.237. The van der Waals surface area contributed by atoms with Gasteiger partial charge >= 0.3 is 0 Å². The van der Waals surface area contributed by atoms with Gasteiger partial charge in [-0.05, 0) is 55.5 Å². The molecule has 0 radical (unpaired) electrons. The summed E-state index contributed by atoms with van der Waals surface area (Å²) in [6.45, 7) is 8.20. The molecule has 3 nitrogen and oxygen atoms in total. The molecular formula is C17H28N2O. The molecule has 1 saturated heterocycles. The van der Waals surface area contributed by atoms with Gasteiger partial charge in [-0.1, -0.05) is 13.0 Å². The number of nitrogens with zero attached hydrogens (tertiary/aromatic N) is 1. The normalized spacial score (nSPS) is 16.3. The Morgan fingerprint density at radius 1 is 1.15 bits per heavy atom. The smallest absolute Gasteiger partial charge is 0.119 e. The molecule has 0 aromatic heterocycles. The number of benzene rings is 1. The topological polar surface area (TPSA) is 24.5 Å². The second-order valence-electron chi connectivity index (χ2n) is 5.54. The number of nitrogens with one attached hydrogen (secondary N) is 1. The van der Waals surface area contributed by atoms with Crippen molar-refractivity contribution in [2.24, 2.45) is 0 Å². The van der Waals surface area contributed by atoms with Gasteiger partial charge in [0.15, 0.2) is 0 Å². The number of methoxy groups -OCH3 is 1. The standard InChI is InChI=1S/C17H28N2O/c1-3-15-14-17(20-2)8-7-16(15)6-4-5-11-19-12-9-18-10-13-19/h7-8,14,18H,3-6,9-13H2,1-2H3. The first-order valence-electron chi connectivity index (χ1n) is 7.92. The van der Waals surface area contributed by atoms with Gasteiger partial charge in [-0.2, -0.15) is 0 Å². The Labute approximate surface area is 123 Å². The zero-order chi connectivity index (χ0) is 14.2. The number of hydrogen-bond acceptors (Lipinski definition) is 3. The third kappa shape index (κ3) is 4.50. The molecule has 0 spiro atoms. The lowest BCUT2D eigenvalue weighted by Gasteiger charge is -2.27. The first-order chi connectivity index (χ1) is 9.83. The van der Waals surface area contributed by atoms with E-state index in [0.29, 0.717) is 0 Å². The maximum Gasteiger partial charge on any atom is 0.119 e. The number of rotatable bonds is 7. The zero-order valence-corrected chi connectivity index (χ0v) is 13.0. The van der Waals surface area contributed by atoms with Crippen molar-refractivity contribution in [3.05, 3.63) is 29.3 Å². The average molecular weight is 276 g/mol. The molecule has 0 bridgehead atoms. The highest BCUT2D eigenvalue weighted by atomic mass is 16.5. The van der Waals surface area contributed by atoms with Crippen molar-refractivity contribution in [2.45, 2.75) is 32.6 Å². The van der Waals surface area contributed by atoms with E-state index in [9.17, 15) is 0 Å². The highest BCUT2D eigenvalue weighted by Gasteiger charge is 2.09. The molecule has 0 unspecified atom stereocenters. The molecule has 1 heterocycles. The van der Waals surface area contributed by atoms with E-state index in [2.05, 4.69) is 35.3 Å². The van der Waals surface area contributed by atoms with Crippen LogP contribution in [-0.4, -0.2) is 44.7 Å². The number of ether oxygens (including phenoxy) is 1. The number of hydrogen-bond donors (Lipinski definition) is 1. The van der Waals surface area contributed by atoms with Gasteiger partial charge < -0.3 is 15.0 Å².